The van der Waals surface area contributed by atoms with Crippen LogP contribution in [0.2, 0.25) is 0 Å². The van der Waals surface area contributed by atoms with Gasteiger partial charge in [-0.1, -0.05) is 0 Å². The molecule has 0 atom stereocenters. The zero-order valence-electron chi connectivity index (χ0n) is 12.3. The molecule has 0 aliphatic carbocycles. The molecule has 0 bridgehead atoms. The van der Waals surface area contributed by atoms with Gasteiger partial charge in [0.05, 0.1) is 28.2 Å². The average Bonchev–Trinajstić information content (AvgIpc) is 2.55. The third-order valence-electron chi connectivity index (χ3n) is 3.08. The van der Waals surface area contributed by atoms with Crippen LogP contribution in [0.25, 0.3) is 0 Å². The normalized spacial score (nSPS) is 10.0. The van der Waals surface area contributed by atoms with Crippen LogP contribution in [0.5, 0.6) is 11.5 Å². The molecule has 2 N–H and O–H groups in total. The van der Waals surface area contributed by atoms with E-state index in [4.69, 9.17) is 4.74 Å². The first-order valence-corrected chi connectivity index (χ1v) is 6.44. The van der Waals surface area contributed by atoms with Crippen LogP contribution in [0.15, 0.2) is 36.4 Å². The summed E-state index contributed by atoms with van der Waals surface area (Å²) < 4.78 is 4.98. The number of nitro benzene ring substituents is 2. The van der Waals surface area contributed by atoms with Gasteiger partial charge in [-0.2, -0.15) is 0 Å². The lowest BCUT2D eigenvalue weighted by Gasteiger charge is -2.10. The molecular formula is C14H11N3O7. The Bertz CT molecular complexity index is 835. The summed E-state index contributed by atoms with van der Waals surface area (Å²) in [6.07, 6.45) is 0. The van der Waals surface area contributed by atoms with E-state index >= 15 is 0 Å². The van der Waals surface area contributed by atoms with Crippen LogP contribution in [0.4, 0.5) is 17.1 Å². The van der Waals surface area contributed by atoms with Crippen LogP contribution in [-0.4, -0.2) is 28.0 Å². The number of aromatic hydroxyl groups is 1. The number of non-ortho nitro benzene ring substituents is 2. The number of nitrogens with zero attached hydrogens (tertiary/aromatic N) is 2. The van der Waals surface area contributed by atoms with Crippen molar-refractivity contribution in [3.63, 3.8) is 0 Å². The van der Waals surface area contributed by atoms with Crippen LogP contribution >= 0.6 is 0 Å². The number of benzene rings is 2. The van der Waals surface area contributed by atoms with E-state index in [1.165, 1.54) is 19.2 Å². The molecule has 0 radical (unpaired) electrons. The summed E-state index contributed by atoms with van der Waals surface area (Å²) in [6, 6.07) is 6.51. The van der Waals surface area contributed by atoms with Gasteiger partial charge in [-0.05, 0) is 12.1 Å². The van der Waals surface area contributed by atoms with E-state index in [9.17, 15) is 30.1 Å². The van der Waals surface area contributed by atoms with Gasteiger partial charge in [-0.3, -0.25) is 25.0 Å². The minimum absolute atomic E-state index is 0.0722. The molecular weight excluding hydrogens is 322 g/mol. The highest BCUT2D eigenvalue weighted by Gasteiger charge is 2.19. The van der Waals surface area contributed by atoms with Gasteiger partial charge in [-0.15, -0.1) is 0 Å². The largest absolute Gasteiger partial charge is 0.506 e. The predicted molar refractivity (Wildman–Crippen MR) is 82.4 cm³/mol. The highest BCUT2D eigenvalue weighted by Crippen LogP contribution is 2.30. The lowest BCUT2D eigenvalue weighted by atomic mass is 10.1. The molecule has 0 spiro atoms. The molecule has 124 valence electrons. The van der Waals surface area contributed by atoms with E-state index < -0.39 is 21.5 Å². The highest BCUT2D eigenvalue weighted by atomic mass is 16.6. The van der Waals surface area contributed by atoms with E-state index in [1.807, 2.05) is 0 Å². The van der Waals surface area contributed by atoms with Crippen molar-refractivity contribution >= 4 is 23.0 Å². The Morgan fingerprint density at radius 2 is 1.67 bits per heavy atom. The molecule has 0 fully saturated rings. The SMILES string of the molecule is COc1ccc([N+](=O)[O-])cc1C(=O)Nc1cc([N+](=O)[O-])ccc1O. The maximum Gasteiger partial charge on any atom is 0.271 e. The Labute approximate surface area is 134 Å². The summed E-state index contributed by atoms with van der Waals surface area (Å²) in [4.78, 5) is 32.5. The topological polar surface area (TPSA) is 145 Å². The maximum atomic E-state index is 12.3. The molecule has 10 nitrogen and oxygen atoms in total. The quantitative estimate of drug-likeness (QED) is 0.485. The van der Waals surface area contributed by atoms with Gasteiger partial charge in [0.2, 0.25) is 0 Å². The number of anilines is 1. The number of carbonyl (C=O) groups is 1. The molecule has 0 aliphatic heterocycles. The van der Waals surface area contributed by atoms with Crippen LogP contribution < -0.4 is 10.1 Å². The standard InChI is InChI=1S/C14H11N3O7/c1-24-13-5-3-8(16(20)21)6-10(13)14(19)15-11-7-9(17(22)23)2-4-12(11)18/h2-7,18H,1H3,(H,15,19). The van der Waals surface area contributed by atoms with Crippen LogP contribution in [0.3, 0.4) is 0 Å². The molecule has 2 aromatic carbocycles. The first kappa shape index (κ1) is 16.7. The summed E-state index contributed by atoms with van der Waals surface area (Å²) >= 11 is 0. The number of amides is 1. The molecule has 10 heteroatoms. The van der Waals surface area contributed by atoms with E-state index in [-0.39, 0.29) is 28.4 Å². The van der Waals surface area contributed by atoms with Gasteiger partial charge < -0.3 is 15.2 Å². The zero-order chi connectivity index (χ0) is 17.9. The minimum Gasteiger partial charge on any atom is -0.506 e. The molecule has 2 rings (SSSR count). The number of methoxy groups -OCH3 is 1. The molecule has 0 saturated heterocycles. The van der Waals surface area contributed by atoms with Gasteiger partial charge in [-0.25, -0.2) is 0 Å². The Hall–Kier alpha value is -3.69. The number of phenolic OH excluding ortho intramolecular Hbond substituents is 1. The molecule has 0 unspecified atom stereocenters. The summed E-state index contributed by atoms with van der Waals surface area (Å²) in [7, 11) is 1.28. The van der Waals surface area contributed by atoms with E-state index in [2.05, 4.69) is 5.32 Å². The first-order valence-electron chi connectivity index (χ1n) is 6.44. The Balaban J connectivity index is 2.40. The third-order valence-corrected chi connectivity index (χ3v) is 3.08. The van der Waals surface area contributed by atoms with E-state index in [1.54, 1.807) is 0 Å². The van der Waals surface area contributed by atoms with Crippen molar-refractivity contribution in [3.8, 4) is 11.5 Å². The first-order chi connectivity index (χ1) is 11.3. The molecule has 0 saturated carbocycles. The summed E-state index contributed by atoms with van der Waals surface area (Å²) in [5.74, 6) is -1.15. The van der Waals surface area contributed by atoms with Crippen LogP contribution in [0.1, 0.15) is 10.4 Å². The Morgan fingerprint density at radius 1 is 1.08 bits per heavy atom. The van der Waals surface area contributed by atoms with Crippen LogP contribution in [-0.2, 0) is 0 Å². The minimum atomic E-state index is -0.827. The smallest absolute Gasteiger partial charge is 0.271 e. The number of hydrogen-bond acceptors (Lipinski definition) is 7. The Kier molecular flexibility index (Phi) is 4.59. The number of carbonyl (C=O) groups excluding carboxylic acids is 1. The fraction of sp³-hybridized carbons (Fsp3) is 0.0714. The summed E-state index contributed by atoms with van der Waals surface area (Å²) in [5.41, 5.74) is -1.03. The monoisotopic (exact) mass is 333 g/mol. The number of nitrogens with one attached hydrogen (secondary N) is 1. The number of ether oxygens (including phenoxy) is 1. The maximum absolute atomic E-state index is 12.3. The second-order valence-electron chi connectivity index (χ2n) is 4.55. The van der Waals surface area contributed by atoms with Gasteiger partial charge in [0.15, 0.2) is 0 Å². The van der Waals surface area contributed by atoms with E-state index in [0.717, 1.165) is 24.3 Å². The number of hydrogen-bond donors (Lipinski definition) is 2. The van der Waals surface area contributed by atoms with Crippen molar-refractivity contribution in [2.75, 3.05) is 12.4 Å². The van der Waals surface area contributed by atoms with Gasteiger partial charge in [0, 0.05) is 24.3 Å². The van der Waals surface area contributed by atoms with Crippen molar-refractivity contribution < 1.29 is 24.5 Å². The van der Waals surface area contributed by atoms with Gasteiger partial charge >= 0.3 is 0 Å². The summed E-state index contributed by atoms with van der Waals surface area (Å²) in [6.45, 7) is 0. The van der Waals surface area contributed by atoms with Crippen LogP contribution in [0, 0.1) is 20.2 Å². The fourth-order valence-electron chi connectivity index (χ4n) is 1.91. The van der Waals surface area contributed by atoms with Crippen molar-refractivity contribution in [3.05, 3.63) is 62.2 Å². The second-order valence-corrected chi connectivity index (χ2v) is 4.55. The fourth-order valence-corrected chi connectivity index (χ4v) is 1.91. The third kappa shape index (κ3) is 3.38. The van der Waals surface area contributed by atoms with Gasteiger partial charge in [0.1, 0.15) is 11.5 Å². The molecule has 1 amide bonds. The molecule has 24 heavy (non-hydrogen) atoms. The second kappa shape index (κ2) is 6.60. The predicted octanol–water partition coefficient (Wildman–Crippen LogP) is 2.47. The van der Waals surface area contributed by atoms with Crippen molar-refractivity contribution in [1.29, 1.82) is 0 Å². The Morgan fingerprint density at radius 3 is 2.25 bits per heavy atom. The van der Waals surface area contributed by atoms with Crippen molar-refractivity contribution in [2.45, 2.75) is 0 Å². The molecule has 0 aliphatic rings. The number of rotatable bonds is 5. The lowest BCUT2D eigenvalue weighted by Crippen LogP contribution is -2.14. The number of phenols is 1. The zero-order valence-corrected chi connectivity index (χ0v) is 12.3. The molecule has 0 aromatic heterocycles. The summed E-state index contributed by atoms with van der Waals surface area (Å²) in [5, 5.41) is 33.6. The highest BCUT2D eigenvalue weighted by molar-refractivity contribution is 6.07. The van der Waals surface area contributed by atoms with E-state index in [0.29, 0.717) is 0 Å². The van der Waals surface area contributed by atoms with Crippen molar-refractivity contribution in [2.24, 2.45) is 0 Å². The molecule has 2 aromatic rings. The van der Waals surface area contributed by atoms with Gasteiger partial charge in [0.25, 0.3) is 17.3 Å². The number of nitro groups is 2. The average molecular weight is 333 g/mol. The van der Waals surface area contributed by atoms with Crippen molar-refractivity contribution in [1.82, 2.24) is 0 Å². The molecule has 0 heterocycles. The lowest BCUT2D eigenvalue weighted by molar-refractivity contribution is -0.385.